The van der Waals surface area contributed by atoms with E-state index < -0.39 is 5.97 Å². The molecule has 1 aromatic carbocycles. The van der Waals surface area contributed by atoms with Gasteiger partial charge in [-0.3, -0.25) is 0 Å². The predicted octanol–water partition coefficient (Wildman–Crippen LogP) is 2.25. The molecule has 0 saturated carbocycles. The van der Waals surface area contributed by atoms with Crippen molar-refractivity contribution in [2.24, 2.45) is 0 Å². The number of hydrogen-bond donors (Lipinski definition) is 1. The predicted molar refractivity (Wildman–Crippen MR) is 67.3 cm³/mol. The van der Waals surface area contributed by atoms with Crippen LogP contribution < -0.4 is 4.46 Å². The molecule has 0 aliphatic carbocycles. The SMILES string of the molecule is C=CCCCC([Se]c1ccccc1)C(=O)O. The molecule has 0 radical (unpaired) electrons. The summed E-state index contributed by atoms with van der Waals surface area (Å²) in [7, 11) is 0. The van der Waals surface area contributed by atoms with Gasteiger partial charge in [0.2, 0.25) is 0 Å². The quantitative estimate of drug-likeness (QED) is 0.473. The number of hydrogen-bond acceptors (Lipinski definition) is 1. The zero-order valence-electron chi connectivity index (χ0n) is 9.13. The van der Waals surface area contributed by atoms with E-state index in [1.54, 1.807) is 0 Å². The number of carboxylic acids is 1. The van der Waals surface area contributed by atoms with Crippen LogP contribution in [0.15, 0.2) is 43.0 Å². The van der Waals surface area contributed by atoms with E-state index in [2.05, 4.69) is 6.58 Å². The molecule has 0 heterocycles. The average Bonchev–Trinajstić information content (AvgIpc) is 2.29. The van der Waals surface area contributed by atoms with Crippen molar-refractivity contribution in [2.45, 2.75) is 24.1 Å². The number of aliphatic carboxylic acids is 1. The van der Waals surface area contributed by atoms with Crippen LogP contribution in [0.5, 0.6) is 0 Å². The molecule has 0 saturated heterocycles. The summed E-state index contributed by atoms with van der Waals surface area (Å²) in [6.07, 6.45) is 4.40. The van der Waals surface area contributed by atoms with Gasteiger partial charge in [0, 0.05) is 0 Å². The molecule has 86 valence electrons. The standard InChI is InChI=1S/C13H16O2Se/c1-2-3-5-10-12(13(14)15)16-11-8-6-4-7-9-11/h2,4,6-9,12H,1,3,5,10H2,(H,14,15). The minimum atomic E-state index is -0.673. The molecular formula is C13H16O2Se. The van der Waals surface area contributed by atoms with Gasteiger partial charge in [-0.2, -0.15) is 0 Å². The third kappa shape index (κ3) is 4.65. The molecule has 0 amide bonds. The fraction of sp³-hybridized carbons (Fsp3) is 0.308. The first-order chi connectivity index (χ1) is 7.74. The molecule has 2 nitrogen and oxygen atoms in total. The summed E-state index contributed by atoms with van der Waals surface area (Å²) in [6, 6.07) is 9.87. The second-order valence-corrected chi connectivity index (χ2v) is 6.15. The van der Waals surface area contributed by atoms with E-state index in [0.29, 0.717) is 0 Å². The molecule has 16 heavy (non-hydrogen) atoms. The molecule has 0 fully saturated rings. The van der Waals surface area contributed by atoms with Gasteiger partial charge in [0.25, 0.3) is 0 Å². The van der Waals surface area contributed by atoms with Crippen LogP contribution in [0.2, 0.25) is 4.82 Å². The summed E-state index contributed by atoms with van der Waals surface area (Å²) in [6.45, 7) is 3.64. The van der Waals surface area contributed by atoms with Crippen LogP contribution in [-0.2, 0) is 4.79 Å². The van der Waals surface area contributed by atoms with Crippen LogP contribution in [0.4, 0.5) is 0 Å². The maximum atomic E-state index is 11.1. The fourth-order valence-corrected chi connectivity index (χ4v) is 3.50. The Morgan fingerprint density at radius 2 is 2.12 bits per heavy atom. The molecule has 1 atom stereocenters. The molecule has 0 spiro atoms. The zero-order valence-corrected chi connectivity index (χ0v) is 10.8. The van der Waals surface area contributed by atoms with E-state index in [9.17, 15) is 4.79 Å². The van der Waals surface area contributed by atoms with Crippen molar-refractivity contribution in [3.63, 3.8) is 0 Å². The van der Waals surface area contributed by atoms with Gasteiger partial charge in [-0.05, 0) is 0 Å². The Hall–Kier alpha value is -1.05. The molecule has 0 aromatic heterocycles. The molecule has 1 unspecified atom stereocenters. The Balaban J connectivity index is 2.51. The number of benzene rings is 1. The van der Waals surface area contributed by atoms with Gasteiger partial charge in [0.15, 0.2) is 0 Å². The number of allylic oxidation sites excluding steroid dienone is 1. The van der Waals surface area contributed by atoms with Crippen molar-refractivity contribution in [1.82, 2.24) is 0 Å². The molecule has 0 aliphatic rings. The van der Waals surface area contributed by atoms with Crippen LogP contribution in [0.1, 0.15) is 19.3 Å². The van der Waals surface area contributed by atoms with Crippen LogP contribution in [0.3, 0.4) is 0 Å². The van der Waals surface area contributed by atoms with Gasteiger partial charge >= 0.3 is 102 Å². The third-order valence-corrected chi connectivity index (χ3v) is 4.83. The van der Waals surface area contributed by atoms with Crippen molar-refractivity contribution in [1.29, 1.82) is 0 Å². The molecule has 3 heteroatoms. The van der Waals surface area contributed by atoms with Gasteiger partial charge in [0.1, 0.15) is 0 Å². The molecule has 1 aromatic rings. The molecule has 1 N–H and O–H groups in total. The van der Waals surface area contributed by atoms with Crippen molar-refractivity contribution in [2.75, 3.05) is 0 Å². The second kappa shape index (κ2) is 7.26. The summed E-state index contributed by atoms with van der Waals surface area (Å²) in [5.74, 6) is -0.673. The maximum absolute atomic E-state index is 11.1. The summed E-state index contributed by atoms with van der Waals surface area (Å²) >= 11 is 0.0221. The topological polar surface area (TPSA) is 37.3 Å². The van der Waals surface area contributed by atoms with E-state index in [4.69, 9.17) is 5.11 Å². The van der Waals surface area contributed by atoms with Gasteiger partial charge in [-0.15, -0.1) is 0 Å². The number of carboxylic acid groups (broad SMARTS) is 1. The van der Waals surface area contributed by atoms with Gasteiger partial charge in [-0.25, -0.2) is 0 Å². The van der Waals surface area contributed by atoms with Crippen LogP contribution in [0, 0.1) is 0 Å². The Bertz CT molecular complexity index is 335. The normalized spacial score (nSPS) is 12.0. The Kier molecular flexibility index (Phi) is 5.91. The molecule has 1 rings (SSSR count). The summed E-state index contributed by atoms with van der Waals surface area (Å²) in [4.78, 5) is 10.9. The zero-order chi connectivity index (χ0) is 11.8. The molecule has 0 aliphatic heterocycles. The summed E-state index contributed by atoms with van der Waals surface area (Å²) < 4.78 is 1.15. The monoisotopic (exact) mass is 284 g/mol. The first kappa shape index (κ1) is 13.0. The van der Waals surface area contributed by atoms with E-state index >= 15 is 0 Å². The van der Waals surface area contributed by atoms with E-state index in [-0.39, 0.29) is 19.8 Å². The van der Waals surface area contributed by atoms with E-state index in [0.717, 1.165) is 23.7 Å². The van der Waals surface area contributed by atoms with E-state index in [1.807, 2.05) is 36.4 Å². The van der Waals surface area contributed by atoms with Crippen molar-refractivity contribution >= 4 is 25.4 Å². The van der Waals surface area contributed by atoms with Crippen LogP contribution in [0.25, 0.3) is 0 Å². The van der Waals surface area contributed by atoms with Crippen LogP contribution in [-0.4, -0.2) is 26.0 Å². The van der Waals surface area contributed by atoms with Crippen LogP contribution >= 0.6 is 0 Å². The Labute approximate surface area is 103 Å². The minimum absolute atomic E-state index is 0.0221. The summed E-state index contributed by atoms with van der Waals surface area (Å²) in [5, 5.41) is 9.12. The number of rotatable bonds is 7. The number of carbonyl (C=O) groups is 1. The second-order valence-electron chi connectivity index (χ2n) is 3.48. The number of unbranched alkanes of at least 4 members (excludes halogenated alkanes) is 1. The van der Waals surface area contributed by atoms with Gasteiger partial charge in [-0.1, -0.05) is 0 Å². The molecular weight excluding hydrogens is 267 g/mol. The first-order valence-corrected chi connectivity index (χ1v) is 7.14. The fourth-order valence-electron chi connectivity index (χ4n) is 1.34. The average molecular weight is 283 g/mol. The third-order valence-electron chi connectivity index (χ3n) is 2.17. The van der Waals surface area contributed by atoms with Crippen molar-refractivity contribution < 1.29 is 9.90 Å². The summed E-state index contributed by atoms with van der Waals surface area (Å²) in [5.41, 5.74) is 0. The molecule has 0 bridgehead atoms. The van der Waals surface area contributed by atoms with Crippen molar-refractivity contribution in [3.8, 4) is 0 Å². The first-order valence-electron chi connectivity index (χ1n) is 5.29. The van der Waals surface area contributed by atoms with Crippen molar-refractivity contribution in [3.05, 3.63) is 43.0 Å². The van der Waals surface area contributed by atoms with E-state index in [1.165, 1.54) is 0 Å². The Morgan fingerprint density at radius 1 is 1.44 bits per heavy atom. The van der Waals surface area contributed by atoms with Gasteiger partial charge < -0.3 is 0 Å². The Morgan fingerprint density at radius 3 is 2.69 bits per heavy atom. The van der Waals surface area contributed by atoms with Gasteiger partial charge in [0.05, 0.1) is 0 Å².